The summed E-state index contributed by atoms with van der Waals surface area (Å²) in [7, 11) is -4.39. The molecule has 3 aromatic heterocycles. The number of halogens is 4. The Morgan fingerprint density at radius 3 is 2.58 bits per heavy atom. The Morgan fingerprint density at radius 2 is 1.77 bits per heavy atom. The second-order valence-corrected chi connectivity index (χ2v) is 11.4. The lowest BCUT2D eigenvalue weighted by Gasteiger charge is -2.15. The van der Waals surface area contributed by atoms with E-state index in [1.165, 1.54) is 24.5 Å². The number of sulfonamides is 1. The molecule has 0 unspecified atom stereocenters. The molecule has 0 aliphatic rings. The van der Waals surface area contributed by atoms with Crippen LogP contribution in [0.2, 0.25) is 10.0 Å². The molecule has 3 heterocycles. The van der Waals surface area contributed by atoms with Gasteiger partial charge in [0.25, 0.3) is 10.0 Å². The zero-order valence-corrected chi connectivity index (χ0v) is 24.3. The number of fused-ring (bicyclic) bond motifs is 2. The molecule has 0 fully saturated rings. The zero-order valence-electron chi connectivity index (χ0n) is 22.0. The lowest BCUT2D eigenvalue weighted by atomic mass is 10.2. The van der Waals surface area contributed by atoms with Gasteiger partial charge in [0, 0.05) is 0 Å². The van der Waals surface area contributed by atoms with Crippen LogP contribution in [0.25, 0.3) is 27.9 Å². The van der Waals surface area contributed by atoms with E-state index in [0.717, 1.165) is 17.6 Å². The van der Waals surface area contributed by atoms with Crippen molar-refractivity contribution in [2.24, 2.45) is 0 Å². The molecule has 43 heavy (non-hydrogen) atoms. The summed E-state index contributed by atoms with van der Waals surface area (Å²) in [6.07, 6.45) is 2.79. The van der Waals surface area contributed by atoms with Crippen LogP contribution in [0.3, 0.4) is 0 Å². The van der Waals surface area contributed by atoms with Crippen LogP contribution >= 0.6 is 23.2 Å². The van der Waals surface area contributed by atoms with Crippen molar-refractivity contribution in [3.63, 3.8) is 0 Å². The number of nitrogens with one attached hydrogen (secondary N) is 2. The van der Waals surface area contributed by atoms with Gasteiger partial charge >= 0.3 is 0 Å². The summed E-state index contributed by atoms with van der Waals surface area (Å²) in [4.78, 5) is 17.1. The van der Waals surface area contributed by atoms with Gasteiger partial charge in [-0.3, -0.25) is 9.29 Å². The van der Waals surface area contributed by atoms with Crippen molar-refractivity contribution in [3.8, 4) is 11.6 Å². The summed E-state index contributed by atoms with van der Waals surface area (Å²) in [5.41, 5.74) is 0.727. The molecule has 2 N–H and O–H groups in total. The highest BCUT2D eigenvalue weighted by atomic mass is 35.5. The lowest BCUT2D eigenvalue weighted by molar-refractivity contribution is 0.343. The average molecular weight is 642 g/mol. The van der Waals surface area contributed by atoms with Gasteiger partial charge in [-0.2, -0.15) is 0 Å². The van der Waals surface area contributed by atoms with Crippen LogP contribution in [-0.2, 0) is 10.0 Å². The Labute approximate surface area is 253 Å². The van der Waals surface area contributed by atoms with Crippen LogP contribution in [0.5, 0.6) is 5.75 Å². The van der Waals surface area contributed by atoms with E-state index >= 15 is 4.39 Å². The lowest BCUT2D eigenvalue weighted by Crippen LogP contribution is -2.15. The third-order valence-electron chi connectivity index (χ3n) is 6.34. The number of ether oxygens (including phenoxy) is 1. The second kappa shape index (κ2) is 11.2. The molecular formula is C28H19Cl2F2N7O3S. The SMILES string of the molecule is CCOc1cccc2c1ncn2-c1ccc2ncnc(Nc3c(F)ccc(NS(=O)(=O)c4cccc(Cl)c4Cl)c3F)c2n1. The number of aromatic nitrogens is 5. The van der Waals surface area contributed by atoms with Gasteiger partial charge < -0.3 is 10.1 Å². The maximum Gasteiger partial charge on any atom is 0.263 e. The van der Waals surface area contributed by atoms with Gasteiger partial charge in [0.1, 0.15) is 51.7 Å². The average Bonchev–Trinajstić information content (AvgIpc) is 3.43. The summed E-state index contributed by atoms with van der Waals surface area (Å²) < 4.78 is 66.1. The predicted octanol–water partition coefficient (Wildman–Crippen LogP) is 6.89. The molecule has 0 bridgehead atoms. The summed E-state index contributed by atoms with van der Waals surface area (Å²) in [6, 6.07) is 14.7. The molecule has 0 aliphatic heterocycles. The number of pyridine rings is 1. The third-order valence-corrected chi connectivity index (χ3v) is 8.68. The number of rotatable bonds is 8. The maximum absolute atomic E-state index is 15.6. The first-order valence-corrected chi connectivity index (χ1v) is 14.8. The van der Waals surface area contributed by atoms with Gasteiger partial charge in [0.2, 0.25) is 0 Å². The number of para-hydroxylation sites is 1. The number of imidazole rings is 1. The van der Waals surface area contributed by atoms with E-state index in [9.17, 15) is 12.8 Å². The highest BCUT2D eigenvalue weighted by Crippen LogP contribution is 2.34. The summed E-state index contributed by atoms with van der Waals surface area (Å²) in [6.45, 7) is 2.34. The van der Waals surface area contributed by atoms with Crippen molar-refractivity contribution in [2.45, 2.75) is 11.8 Å². The summed E-state index contributed by atoms with van der Waals surface area (Å²) >= 11 is 12.0. The van der Waals surface area contributed by atoms with Crippen molar-refractivity contribution >= 4 is 72.5 Å². The molecule has 0 aliphatic carbocycles. The number of anilines is 3. The number of benzene rings is 3. The van der Waals surface area contributed by atoms with Gasteiger partial charge in [0.15, 0.2) is 11.6 Å². The summed E-state index contributed by atoms with van der Waals surface area (Å²) in [5.74, 6) is -1.21. The minimum atomic E-state index is -4.39. The van der Waals surface area contributed by atoms with Crippen LogP contribution in [0, 0.1) is 11.6 Å². The molecule has 0 atom stereocenters. The Bertz CT molecular complexity index is 2150. The van der Waals surface area contributed by atoms with Crippen molar-refractivity contribution in [1.29, 1.82) is 0 Å². The van der Waals surface area contributed by atoms with E-state index < -0.39 is 33.0 Å². The van der Waals surface area contributed by atoms with E-state index in [-0.39, 0.29) is 26.3 Å². The standard InChI is InChI=1S/C28H19Cl2F2N7O3S/c1-2-42-20-7-4-6-19-27(20)35-14-39(19)22-12-11-18-26(36-22)28(34-13-33-18)37-25-16(31)9-10-17(24(25)32)38-43(40,41)21-8-3-5-15(29)23(21)30/h3-14,38H,2H2,1H3,(H,33,34,37). The van der Waals surface area contributed by atoms with E-state index in [1.807, 2.05) is 25.1 Å². The molecule has 0 amide bonds. The van der Waals surface area contributed by atoms with Crippen molar-refractivity contribution in [2.75, 3.05) is 16.6 Å². The topological polar surface area (TPSA) is 124 Å². The minimum absolute atomic E-state index is 0.00703. The monoisotopic (exact) mass is 641 g/mol. The van der Waals surface area contributed by atoms with E-state index in [4.69, 9.17) is 27.9 Å². The Kier molecular flexibility index (Phi) is 7.46. The number of hydrogen-bond donors (Lipinski definition) is 2. The molecule has 0 saturated heterocycles. The zero-order chi connectivity index (χ0) is 30.3. The number of nitrogens with zero attached hydrogens (tertiary/aromatic N) is 5. The van der Waals surface area contributed by atoms with E-state index in [1.54, 1.807) is 23.0 Å². The van der Waals surface area contributed by atoms with Gasteiger partial charge in [0.05, 0.1) is 33.4 Å². The quantitative estimate of drug-likeness (QED) is 0.184. The first-order valence-electron chi connectivity index (χ1n) is 12.6. The smallest absolute Gasteiger partial charge is 0.263 e. The van der Waals surface area contributed by atoms with Crippen LogP contribution in [0.4, 0.5) is 26.0 Å². The largest absolute Gasteiger partial charge is 0.492 e. The Hall–Kier alpha value is -4.59. The van der Waals surface area contributed by atoms with Crippen LogP contribution < -0.4 is 14.8 Å². The molecule has 10 nitrogen and oxygen atoms in total. The fraction of sp³-hybridized carbons (Fsp3) is 0.0714. The van der Waals surface area contributed by atoms with Crippen molar-refractivity contribution in [3.05, 3.63) is 95.0 Å². The van der Waals surface area contributed by atoms with Gasteiger partial charge in [-0.05, 0) is 55.5 Å². The molecule has 0 spiro atoms. The normalized spacial score (nSPS) is 11.7. The molecule has 15 heteroatoms. The summed E-state index contributed by atoms with van der Waals surface area (Å²) in [5, 5.41) is 2.36. The van der Waals surface area contributed by atoms with Gasteiger partial charge in [-0.15, -0.1) is 0 Å². The molecule has 3 aromatic carbocycles. The highest BCUT2D eigenvalue weighted by Gasteiger charge is 2.24. The molecule has 6 rings (SSSR count). The fourth-order valence-electron chi connectivity index (χ4n) is 4.38. The second-order valence-electron chi connectivity index (χ2n) is 9.00. The first-order chi connectivity index (χ1) is 20.7. The Morgan fingerprint density at radius 1 is 0.953 bits per heavy atom. The van der Waals surface area contributed by atoms with Gasteiger partial charge in [-0.25, -0.2) is 37.1 Å². The predicted molar refractivity (Wildman–Crippen MR) is 160 cm³/mol. The highest BCUT2D eigenvalue weighted by molar-refractivity contribution is 7.92. The fourth-order valence-corrected chi connectivity index (χ4v) is 6.20. The molecule has 218 valence electrons. The van der Waals surface area contributed by atoms with E-state index in [0.29, 0.717) is 29.2 Å². The molecule has 0 saturated carbocycles. The molecule has 6 aromatic rings. The van der Waals surface area contributed by atoms with Gasteiger partial charge in [-0.1, -0.05) is 35.3 Å². The molecule has 0 radical (unpaired) electrons. The minimum Gasteiger partial charge on any atom is -0.492 e. The van der Waals surface area contributed by atoms with Crippen molar-refractivity contribution in [1.82, 2.24) is 24.5 Å². The Balaban J connectivity index is 1.39. The van der Waals surface area contributed by atoms with E-state index in [2.05, 4.69) is 30.0 Å². The van der Waals surface area contributed by atoms with Crippen LogP contribution in [0.1, 0.15) is 6.92 Å². The van der Waals surface area contributed by atoms with Crippen LogP contribution in [-0.4, -0.2) is 39.5 Å². The first kappa shape index (κ1) is 28.5. The maximum atomic E-state index is 15.6. The molecular weight excluding hydrogens is 623 g/mol. The van der Waals surface area contributed by atoms with Crippen LogP contribution in [0.15, 0.2) is 78.2 Å². The number of hydrogen-bond acceptors (Lipinski definition) is 8. The van der Waals surface area contributed by atoms with Crippen molar-refractivity contribution < 1.29 is 21.9 Å². The third kappa shape index (κ3) is 5.26.